The molecule has 5 aromatic rings. The summed E-state index contributed by atoms with van der Waals surface area (Å²) < 4.78 is 31.0. The molecule has 8 heteroatoms. The van der Waals surface area contributed by atoms with E-state index in [0.29, 0.717) is 22.2 Å². The fourth-order valence-electron chi connectivity index (χ4n) is 4.48. The largest absolute Gasteiger partial charge is 0.350 e. The molecule has 0 amide bonds. The van der Waals surface area contributed by atoms with Crippen LogP contribution in [-0.2, 0) is 19.8 Å². The summed E-state index contributed by atoms with van der Waals surface area (Å²) in [4.78, 5) is 28.8. The quantitative estimate of drug-likeness (QED) is 0.334. The SMILES string of the molecule is CSCc1cccc(-c2cn(C)c(=O)cc2-c2cn(C)c(=O)c3[nH]c(-c4ccc(F)cc4F)cc23)c1. The minimum absolute atomic E-state index is 0.148. The van der Waals surface area contributed by atoms with Crippen molar-refractivity contribution in [3.8, 4) is 33.5 Å². The average Bonchev–Trinajstić information content (AvgIpc) is 3.29. The molecular formula is C28H23F2N3O2S. The molecule has 0 saturated heterocycles. The third-order valence-corrected chi connectivity index (χ3v) is 6.88. The van der Waals surface area contributed by atoms with Crippen molar-refractivity contribution in [2.24, 2.45) is 14.1 Å². The molecule has 1 N–H and O–H groups in total. The number of fused-ring (bicyclic) bond motifs is 1. The Kier molecular flexibility index (Phi) is 6.14. The number of aromatic amines is 1. The Morgan fingerprint density at radius 1 is 0.861 bits per heavy atom. The molecule has 0 aliphatic heterocycles. The highest BCUT2D eigenvalue weighted by Crippen LogP contribution is 2.37. The van der Waals surface area contributed by atoms with E-state index in [9.17, 15) is 18.4 Å². The smallest absolute Gasteiger partial charge is 0.274 e. The molecule has 5 rings (SSSR count). The Bertz CT molecular complexity index is 1750. The van der Waals surface area contributed by atoms with Gasteiger partial charge in [0.15, 0.2) is 0 Å². The van der Waals surface area contributed by atoms with Crippen LogP contribution in [0.15, 0.2) is 76.6 Å². The van der Waals surface area contributed by atoms with E-state index in [1.165, 1.54) is 21.3 Å². The molecule has 5 nitrogen and oxygen atoms in total. The molecule has 36 heavy (non-hydrogen) atoms. The summed E-state index contributed by atoms with van der Waals surface area (Å²) >= 11 is 1.72. The lowest BCUT2D eigenvalue weighted by Gasteiger charge is -2.14. The first-order valence-corrected chi connectivity index (χ1v) is 12.6. The molecule has 3 aromatic heterocycles. The number of H-pyrrole nitrogens is 1. The summed E-state index contributed by atoms with van der Waals surface area (Å²) in [6.07, 6.45) is 5.52. The van der Waals surface area contributed by atoms with E-state index in [2.05, 4.69) is 17.1 Å². The second-order valence-corrected chi connectivity index (χ2v) is 9.60. The molecule has 0 unspecified atom stereocenters. The first-order chi connectivity index (χ1) is 17.3. The summed E-state index contributed by atoms with van der Waals surface area (Å²) in [5.41, 5.74) is 4.51. The van der Waals surface area contributed by atoms with Gasteiger partial charge in [0.1, 0.15) is 17.2 Å². The number of aromatic nitrogens is 3. The molecule has 0 fully saturated rings. The van der Waals surface area contributed by atoms with Crippen LogP contribution in [0.3, 0.4) is 0 Å². The minimum atomic E-state index is -0.736. The second-order valence-electron chi connectivity index (χ2n) is 8.74. The highest BCUT2D eigenvalue weighted by molar-refractivity contribution is 7.97. The normalized spacial score (nSPS) is 11.4. The molecule has 3 heterocycles. The maximum Gasteiger partial charge on any atom is 0.274 e. The predicted molar refractivity (Wildman–Crippen MR) is 142 cm³/mol. The van der Waals surface area contributed by atoms with Gasteiger partial charge in [-0.25, -0.2) is 8.78 Å². The molecule has 182 valence electrons. The van der Waals surface area contributed by atoms with Crippen molar-refractivity contribution >= 4 is 22.7 Å². The molecule has 0 aliphatic rings. The van der Waals surface area contributed by atoms with Gasteiger partial charge < -0.3 is 14.1 Å². The number of nitrogens with zero attached hydrogens (tertiary/aromatic N) is 2. The zero-order chi connectivity index (χ0) is 25.6. The fraction of sp³-hybridized carbons (Fsp3) is 0.143. The van der Waals surface area contributed by atoms with E-state index in [1.807, 2.05) is 18.4 Å². The van der Waals surface area contributed by atoms with Crippen LogP contribution in [0.1, 0.15) is 5.56 Å². The van der Waals surface area contributed by atoms with Crippen LogP contribution in [0.2, 0.25) is 0 Å². The number of hydrogen-bond donors (Lipinski definition) is 1. The molecule has 0 atom stereocenters. The van der Waals surface area contributed by atoms with Gasteiger partial charge in [-0.2, -0.15) is 11.8 Å². The summed E-state index contributed by atoms with van der Waals surface area (Å²) in [5, 5.41) is 0.548. The number of nitrogens with one attached hydrogen (secondary N) is 1. The number of aryl methyl sites for hydroxylation is 2. The van der Waals surface area contributed by atoms with Crippen LogP contribution in [0.25, 0.3) is 44.4 Å². The van der Waals surface area contributed by atoms with E-state index >= 15 is 0 Å². The van der Waals surface area contributed by atoms with E-state index in [0.717, 1.165) is 28.5 Å². The highest BCUT2D eigenvalue weighted by atomic mass is 32.2. The molecule has 0 radical (unpaired) electrons. The molecule has 0 bridgehead atoms. The van der Waals surface area contributed by atoms with Crippen LogP contribution in [0.5, 0.6) is 0 Å². The summed E-state index contributed by atoms with van der Waals surface area (Å²) in [5.74, 6) is -0.569. The van der Waals surface area contributed by atoms with Gasteiger partial charge in [0.25, 0.3) is 11.1 Å². The van der Waals surface area contributed by atoms with E-state index in [-0.39, 0.29) is 22.2 Å². The maximum absolute atomic E-state index is 14.6. The van der Waals surface area contributed by atoms with Gasteiger partial charge >= 0.3 is 0 Å². The van der Waals surface area contributed by atoms with Gasteiger partial charge in [0.2, 0.25) is 0 Å². The first-order valence-electron chi connectivity index (χ1n) is 11.2. The minimum Gasteiger partial charge on any atom is -0.350 e. The Hall–Kier alpha value is -3.91. The highest BCUT2D eigenvalue weighted by Gasteiger charge is 2.19. The van der Waals surface area contributed by atoms with Crippen LogP contribution < -0.4 is 11.1 Å². The van der Waals surface area contributed by atoms with Crippen molar-refractivity contribution in [1.29, 1.82) is 0 Å². The van der Waals surface area contributed by atoms with Gasteiger partial charge in [-0.15, -0.1) is 0 Å². The third-order valence-electron chi connectivity index (χ3n) is 6.25. The van der Waals surface area contributed by atoms with E-state index in [4.69, 9.17) is 0 Å². The Morgan fingerprint density at radius 3 is 2.39 bits per heavy atom. The van der Waals surface area contributed by atoms with E-state index in [1.54, 1.807) is 50.4 Å². The lowest BCUT2D eigenvalue weighted by atomic mass is 9.94. The van der Waals surface area contributed by atoms with Crippen molar-refractivity contribution in [3.05, 3.63) is 105 Å². The second kappa shape index (κ2) is 9.28. The van der Waals surface area contributed by atoms with Crippen molar-refractivity contribution in [2.75, 3.05) is 6.26 Å². The van der Waals surface area contributed by atoms with Crippen molar-refractivity contribution in [2.45, 2.75) is 5.75 Å². The number of pyridine rings is 2. The number of benzene rings is 2. The number of rotatable bonds is 5. The van der Waals surface area contributed by atoms with Gasteiger partial charge in [0.05, 0.1) is 0 Å². The summed E-state index contributed by atoms with van der Waals surface area (Å²) in [6, 6.07) is 14.7. The summed E-state index contributed by atoms with van der Waals surface area (Å²) in [6.45, 7) is 0. The first kappa shape index (κ1) is 23.8. The lowest BCUT2D eigenvalue weighted by Crippen LogP contribution is -2.18. The van der Waals surface area contributed by atoms with Crippen molar-refractivity contribution < 1.29 is 8.78 Å². The number of hydrogen-bond acceptors (Lipinski definition) is 3. The van der Waals surface area contributed by atoms with Gasteiger partial charge in [-0.05, 0) is 41.1 Å². The van der Waals surface area contributed by atoms with Gasteiger partial charge in [0, 0.05) is 72.1 Å². The fourth-order valence-corrected chi connectivity index (χ4v) is 4.99. The number of thioether (sulfide) groups is 1. The monoisotopic (exact) mass is 503 g/mol. The van der Waals surface area contributed by atoms with Crippen molar-refractivity contribution in [3.63, 3.8) is 0 Å². The van der Waals surface area contributed by atoms with Gasteiger partial charge in [-0.1, -0.05) is 24.3 Å². The van der Waals surface area contributed by atoms with Crippen LogP contribution in [0, 0.1) is 11.6 Å². The zero-order valence-electron chi connectivity index (χ0n) is 19.9. The predicted octanol–water partition coefficient (Wildman–Crippen LogP) is 5.71. The lowest BCUT2D eigenvalue weighted by molar-refractivity contribution is 0.585. The van der Waals surface area contributed by atoms with Crippen LogP contribution in [0.4, 0.5) is 8.78 Å². The molecular weight excluding hydrogens is 480 g/mol. The zero-order valence-corrected chi connectivity index (χ0v) is 20.7. The summed E-state index contributed by atoms with van der Waals surface area (Å²) in [7, 11) is 3.33. The Balaban J connectivity index is 1.80. The standard InChI is InChI=1S/C28H23F2N3O2S/c1-32-13-22(17-6-4-5-16(9-17)15-36-3)20(12-26(32)34)23-14-33(2)28(35)27-21(23)11-25(31-27)19-8-7-18(29)10-24(19)30/h4-14,31H,15H2,1-3H3. The maximum atomic E-state index is 14.6. The topological polar surface area (TPSA) is 59.8 Å². The Morgan fingerprint density at radius 2 is 1.64 bits per heavy atom. The van der Waals surface area contributed by atoms with E-state index < -0.39 is 11.6 Å². The Labute approximate surface area is 210 Å². The van der Waals surface area contributed by atoms with Crippen LogP contribution >= 0.6 is 11.8 Å². The molecule has 0 saturated carbocycles. The van der Waals surface area contributed by atoms with Crippen molar-refractivity contribution in [1.82, 2.24) is 14.1 Å². The third kappa shape index (κ3) is 4.18. The molecule has 2 aromatic carbocycles. The average molecular weight is 504 g/mol. The number of halogens is 2. The molecule has 0 aliphatic carbocycles. The van der Waals surface area contributed by atoms with Gasteiger partial charge in [-0.3, -0.25) is 9.59 Å². The molecule has 0 spiro atoms. The van der Waals surface area contributed by atoms with Crippen LogP contribution in [-0.4, -0.2) is 20.4 Å².